The molecule has 0 unspecified atom stereocenters. The minimum Gasteiger partial charge on any atom is -0.397 e. The Kier molecular flexibility index (Phi) is 2.31. The highest BCUT2D eigenvalue weighted by Crippen LogP contribution is 2.24. The largest absolute Gasteiger partial charge is 0.397 e. The van der Waals surface area contributed by atoms with Crippen LogP contribution in [0.25, 0.3) is 11.0 Å². The smallest absolute Gasteiger partial charge is 0.0959 e. The normalized spacial score (nSPS) is 11.0. The third kappa shape index (κ3) is 1.42. The molecule has 0 bridgehead atoms. The molecule has 0 aliphatic carbocycles. The molecule has 1 heterocycles. The van der Waals surface area contributed by atoms with E-state index < -0.39 is 0 Å². The van der Waals surface area contributed by atoms with E-state index in [2.05, 4.69) is 4.98 Å². The van der Waals surface area contributed by atoms with Crippen molar-refractivity contribution >= 4 is 28.3 Å². The van der Waals surface area contributed by atoms with Gasteiger partial charge in [0.25, 0.3) is 0 Å². The van der Waals surface area contributed by atoms with E-state index in [0.29, 0.717) is 17.3 Å². The van der Waals surface area contributed by atoms with Gasteiger partial charge in [-0.05, 0) is 12.1 Å². The van der Waals surface area contributed by atoms with Crippen LogP contribution in [0.3, 0.4) is 0 Å². The maximum Gasteiger partial charge on any atom is 0.0959 e. The summed E-state index contributed by atoms with van der Waals surface area (Å²) in [7, 11) is 0. The van der Waals surface area contributed by atoms with Gasteiger partial charge in [-0.3, -0.25) is 0 Å². The van der Waals surface area contributed by atoms with Crippen molar-refractivity contribution in [3.05, 3.63) is 23.5 Å². The number of anilines is 1. The monoisotopic (exact) mass is 211 g/mol. The van der Waals surface area contributed by atoms with Crippen molar-refractivity contribution in [1.82, 2.24) is 9.55 Å². The number of nitrogens with zero attached hydrogens (tertiary/aromatic N) is 2. The van der Waals surface area contributed by atoms with E-state index in [1.165, 1.54) is 0 Å². The highest BCUT2D eigenvalue weighted by atomic mass is 35.5. The maximum atomic E-state index is 8.83. The van der Waals surface area contributed by atoms with Crippen LogP contribution >= 0.6 is 11.6 Å². The average molecular weight is 212 g/mol. The van der Waals surface area contributed by atoms with Crippen molar-refractivity contribution in [1.29, 1.82) is 0 Å². The fourth-order valence-electron chi connectivity index (χ4n) is 1.48. The minimum atomic E-state index is 0.0630. The quantitative estimate of drug-likeness (QED) is 0.736. The number of aliphatic hydroxyl groups excluding tert-OH is 1. The molecule has 0 fully saturated rings. The molecule has 2 rings (SSSR count). The average Bonchev–Trinajstić information content (AvgIpc) is 2.49. The number of hydrogen-bond donors (Lipinski definition) is 2. The van der Waals surface area contributed by atoms with Crippen LogP contribution in [0.5, 0.6) is 0 Å². The molecular weight excluding hydrogens is 202 g/mol. The zero-order valence-corrected chi connectivity index (χ0v) is 8.20. The number of benzene rings is 1. The zero-order chi connectivity index (χ0) is 10.1. The number of fused-ring (bicyclic) bond motifs is 1. The van der Waals surface area contributed by atoms with E-state index in [-0.39, 0.29) is 6.61 Å². The van der Waals surface area contributed by atoms with E-state index in [1.807, 2.05) is 0 Å². The van der Waals surface area contributed by atoms with Crippen LogP contribution in [-0.4, -0.2) is 21.3 Å². The van der Waals surface area contributed by atoms with Crippen molar-refractivity contribution in [2.45, 2.75) is 6.54 Å². The second-order valence-electron chi connectivity index (χ2n) is 3.02. The van der Waals surface area contributed by atoms with Crippen LogP contribution in [0.15, 0.2) is 18.5 Å². The predicted octanol–water partition coefficient (Wildman–Crippen LogP) is 1.26. The van der Waals surface area contributed by atoms with Crippen molar-refractivity contribution in [2.75, 3.05) is 12.3 Å². The van der Waals surface area contributed by atoms with Gasteiger partial charge in [-0.25, -0.2) is 4.98 Å². The van der Waals surface area contributed by atoms with E-state index in [4.69, 9.17) is 22.4 Å². The molecule has 74 valence electrons. The van der Waals surface area contributed by atoms with E-state index in [9.17, 15) is 0 Å². The molecule has 0 spiro atoms. The van der Waals surface area contributed by atoms with E-state index in [0.717, 1.165) is 11.0 Å². The second kappa shape index (κ2) is 3.48. The first-order valence-corrected chi connectivity index (χ1v) is 4.61. The lowest BCUT2D eigenvalue weighted by molar-refractivity contribution is 0.278. The summed E-state index contributed by atoms with van der Waals surface area (Å²) in [4.78, 5) is 4.15. The minimum absolute atomic E-state index is 0.0630. The van der Waals surface area contributed by atoms with E-state index >= 15 is 0 Å². The van der Waals surface area contributed by atoms with Crippen LogP contribution in [0.1, 0.15) is 0 Å². The summed E-state index contributed by atoms with van der Waals surface area (Å²) in [6.07, 6.45) is 1.65. The Morgan fingerprint density at radius 2 is 2.29 bits per heavy atom. The maximum absolute atomic E-state index is 8.83. The molecule has 0 saturated carbocycles. The molecule has 0 radical (unpaired) electrons. The van der Waals surface area contributed by atoms with Crippen LogP contribution in [0.2, 0.25) is 5.02 Å². The Labute approximate surface area is 85.9 Å². The van der Waals surface area contributed by atoms with Gasteiger partial charge in [0.2, 0.25) is 0 Å². The molecule has 1 aromatic carbocycles. The van der Waals surface area contributed by atoms with Gasteiger partial charge in [0.1, 0.15) is 0 Å². The summed E-state index contributed by atoms with van der Waals surface area (Å²) in [6.45, 7) is 0.551. The summed E-state index contributed by atoms with van der Waals surface area (Å²) < 4.78 is 1.81. The number of halogens is 1. The molecule has 3 N–H and O–H groups in total. The van der Waals surface area contributed by atoms with Gasteiger partial charge in [-0.15, -0.1) is 0 Å². The highest BCUT2D eigenvalue weighted by molar-refractivity contribution is 6.31. The van der Waals surface area contributed by atoms with Gasteiger partial charge in [-0.1, -0.05) is 11.6 Å². The third-order valence-electron chi connectivity index (χ3n) is 2.05. The van der Waals surface area contributed by atoms with Crippen molar-refractivity contribution in [2.24, 2.45) is 0 Å². The fourth-order valence-corrected chi connectivity index (χ4v) is 1.70. The fraction of sp³-hybridized carbons (Fsp3) is 0.222. The summed E-state index contributed by atoms with van der Waals surface area (Å²) >= 11 is 5.83. The number of nitrogen functional groups attached to an aromatic ring is 1. The van der Waals surface area contributed by atoms with Crippen LogP contribution in [0.4, 0.5) is 5.69 Å². The Hall–Kier alpha value is -1.26. The summed E-state index contributed by atoms with van der Waals surface area (Å²) in [5.74, 6) is 0. The SMILES string of the molecule is Nc1cc(Cl)cc2ncn(CCO)c12. The Bertz CT molecular complexity index is 466. The van der Waals surface area contributed by atoms with E-state index in [1.54, 1.807) is 23.0 Å². The molecule has 0 aliphatic heterocycles. The topological polar surface area (TPSA) is 64.1 Å². The summed E-state index contributed by atoms with van der Waals surface area (Å²) in [5, 5.41) is 9.40. The standard InChI is InChI=1S/C9H10ClN3O/c10-6-3-7(11)9-8(4-6)12-5-13(9)1-2-14/h3-5,14H,1-2,11H2. The molecule has 1 aromatic heterocycles. The molecule has 0 amide bonds. The molecule has 0 aliphatic rings. The van der Waals surface area contributed by atoms with Gasteiger partial charge in [-0.2, -0.15) is 0 Å². The molecule has 5 heteroatoms. The second-order valence-corrected chi connectivity index (χ2v) is 3.46. The third-order valence-corrected chi connectivity index (χ3v) is 2.27. The summed E-state index contributed by atoms with van der Waals surface area (Å²) in [6, 6.07) is 3.43. The lowest BCUT2D eigenvalue weighted by Crippen LogP contribution is -2.01. The first kappa shape index (κ1) is 9.30. The zero-order valence-electron chi connectivity index (χ0n) is 7.44. The number of nitrogens with two attached hydrogens (primary N) is 1. The number of rotatable bonds is 2. The van der Waals surface area contributed by atoms with Gasteiger partial charge in [0, 0.05) is 11.6 Å². The summed E-state index contributed by atoms with van der Waals surface area (Å²) in [5.41, 5.74) is 7.96. The van der Waals surface area contributed by atoms with Crippen LogP contribution < -0.4 is 5.73 Å². The molecule has 0 saturated heterocycles. The van der Waals surface area contributed by atoms with Crippen LogP contribution in [0, 0.1) is 0 Å². The van der Waals surface area contributed by atoms with Gasteiger partial charge < -0.3 is 15.4 Å². The van der Waals surface area contributed by atoms with Crippen LogP contribution in [-0.2, 0) is 6.54 Å². The molecule has 4 nitrogen and oxygen atoms in total. The number of hydrogen-bond acceptors (Lipinski definition) is 3. The Morgan fingerprint density at radius 3 is 3.00 bits per heavy atom. The van der Waals surface area contributed by atoms with Gasteiger partial charge >= 0.3 is 0 Å². The predicted molar refractivity (Wildman–Crippen MR) is 56.2 cm³/mol. The lowest BCUT2D eigenvalue weighted by Gasteiger charge is -2.03. The number of aromatic nitrogens is 2. The number of aliphatic hydroxyl groups is 1. The van der Waals surface area contributed by atoms with Gasteiger partial charge in [0.15, 0.2) is 0 Å². The Balaban J connectivity index is 2.66. The Morgan fingerprint density at radius 1 is 1.50 bits per heavy atom. The highest BCUT2D eigenvalue weighted by Gasteiger charge is 2.06. The first-order chi connectivity index (χ1) is 6.72. The lowest BCUT2D eigenvalue weighted by atomic mass is 10.2. The van der Waals surface area contributed by atoms with Crippen molar-refractivity contribution in [3.8, 4) is 0 Å². The van der Waals surface area contributed by atoms with Gasteiger partial charge in [0.05, 0.1) is 29.7 Å². The molecular formula is C9H10ClN3O. The molecule has 2 aromatic rings. The molecule has 0 atom stereocenters. The number of imidazole rings is 1. The first-order valence-electron chi connectivity index (χ1n) is 4.23. The van der Waals surface area contributed by atoms with Crippen molar-refractivity contribution < 1.29 is 5.11 Å². The van der Waals surface area contributed by atoms with Crippen molar-refractivity contribution in [3.63, 3.8) is 0 Å². The molecule has 14 heavy (non-hydrogen) atoms.